The van der Waals surface area contributed by atoms with Crippen molar-refractivity contribution in [2.24, 2.45) is 0 Å². The summed E-state index contributed by atoms with van der Waals surface area (Å²) >= 11 is 0. The van der Waals surface area contributed by atoms with Crippen molar-refractivity contribution in [1.82, 2.24) is 0 Å². The Bertz CT molecular complexity index is 553. The van der Waals surface area contributed by atoms with Crippen molar-refractivity contribution in [3.05, 3.63) is 54.1 Å². The fraction of sp³-hybridized carbons (Fsp3) is 0.235. The van der Waals surface area contributed by atoms with E-state index >= 15 is 0 Å². The Kier molecular flexibility index (Phi) is 4.00. The first kappa shape index (κ1) is 13.3. The molecule has 0 radical (unpaired) electrons. The molecule has 2 nitrogen and oxygen atoms in total. The van der Waals surface area contributed by atoms with Gasteiger partial charge in [-0.25, -0.2) is 0 Å². The highest BCUT2D eigenvalue weighted by atomic mass is 16.5. The van der Waals surface area contributed by atoms with Gasteiger partial charge in [0.25, 0.3) is 0 Å². The van der Waals surface area contributed by atoms with Gasteiger partial charge in [0, 0.05) is 0 Å². The van der Waals surface area contributed by atoms with Crippen LogP contribution in [0.2, 0.25) is 0 Å². The average Bonchev–Trinajstić information content (AvgIpc) is 2.40. The van der Waals surface area contributed by atoms with E-state index < -0.39 is 6.10 Å². The van der Waals surface area contributed by atoms with Gasteiger partial charge in [-0.2, -0.15) is 0 Å². The number of aryl methyl sites for hydroxylation is 1. The van der Waals surface area contributed by atoms with Gasteiger partial charge in [-0.1, -0.05) is 42.0 Å². The zero-order valence-corrected chi connectivity index (χ0v) is 11.5. The predicted octanol–water partition coefficient (Wildman–Crippen LogP) is 4.02. The monoisotopic (exact) mass is 254 g/mol. The number of benzene rings is 2. The lowest BCUT2D eigenvalue weighted by Gasteiger charge is -2.12. The fourth-order valence-electron chi connectivity index (χ4n) is 1.76. The smallest absolute Gasteiger partial charge is 0.169 e. The van der Waals surface area contributed by atoms with Crippen LogP contribution in [0.25, 0.3) is 11.1 Å². The zero-order chi connectivity index (χ0) is 13.8. The Hall–Kier alpha value is -2.09. The zero-order valence-electron chi connectivity index (χ0n) is 11.5. The van der Waals surface area contributed by atoms with E-state index in [2.05, 4.69) is 31.2 Å². The van der Waals surface area contributed by atoms with E-state index in [9.17, 15) is 4.79 Å². The number of Topliss-reactive ketones (excluding diaryl/α,β-unsaturated/α-hetero) is 1. The highest BCUT2D eigenvalue weighted by Crippen LogP contribution is 2.23. The van der Waals surface area contributed by atoms with Crippen molar-refractivity contribution in [3.63, 3.8) is 0 Å². The predicted molar refractivity (Wildman–Crippen MR) is 77.4 cm³/mol. The molecule has 0 aliphatic carbocycles. The van der Waals surface area contributed by atoms with Crippen LogP contribution in [0, 0.1) is 6.92 Å². The van der Waals surface area contributed by atoms with E-state index in [1.165, 1.54) is 18.1 Å². The van der Waals surface area contributed by atoms with Crippen molar-refractivity contribution in [2.75, 3.05) is 0 Å². The standard InChI is InChI=1S/C17H18O2/c1-12-4-6-15(7-5-12)16-8-10-17(11-9-16)19-14(3)13(2)18/h4-11,14H,1-3H3/t14-/m0/s1. The molecule has 0 aliphatic rings. The van der Waals surface area contributed by atoms with E-state index in [1.807, 2.05) is 24.3 Å². The van der Waals surface area contributed by atoms with Crippen molar-refractivity contribution in [1.29, 1.82) is 0 Å². The molecule has 98 valence electrons. The van der Waals surface area contributed by atoms with Crippen LogP contribution in [0.5, 0.6) is 5.75 Å². The molecule has 0 fully saturated rings. The number of ether oxygens (including phenoxy) is 1. The molecular weight excluding hydrogens is 236 g/mol. The molecular formula is C17H18O2. The molecule has 0 aromatic heterocycles. The summed E-state index contributed by atoms with van der Waals surface area (Å²) in [6.45, 7) is 5.37. The highest BCUT2D eigenvalue weighted by Gasteiger charge is 2.08. The molecule has 2 aromatic carbocycles. The molecule has 2 aromatic rings. The number of carbonyl (C=O) groups excluding carboxylic acids is 1. The largest absolute Gasteiger partial charge is 0.483 e. The summed E-state index contributed by atoms with van der Waals surface area (Å²) < 4.78 is 5.54. The molecule has 0 saturated heterocycles. The average molecular weight is 254 g/mol. The van der Waals surface area contributed by atoms with Crippen molar-refractivity contribution < 1.29 is 9.53 Å². The van der Waals surface area contributed by atoms with Gasteiger partial charge in [-0.3, -0.25) is 4.79 Å². The second-order valence-corrected chi connectivity index (χ2v) is 4.76. The summed E-state index contributed by atoms with van der Waals surface area (Å²) in [7, 11) is 0. The summed E-state index contributed by atoms with van der Waals surface area (Å²) in [5.41, 5.74) is 3.57. The molecule has 19 heavy (non-hydrogen) atoms. The van der Waals surface area contributed by atoms with E-state index in [0.29, 0.717) is 0 Å². The van der Waals surface area contributed by atoms with Crippen LogP contribution in [-0.4, -0.2) is 11.9 Å². The Morgan fingerprint density at radius 3 is 1.89 bits per heavy atom. The Morgan fingerprint density at radius 2 is 1.42 bits per heavy atom. The van der Waals surface area contributed by atoms with Crippen LogP contribution in [0.15, 0.2) is 48.5 Å². The topological polar surface area (TPSA) is 26.3 Å². The second-order valence-electron chi connectivity index (χ2n) is 4.76. The van der Waals surface area contributed by atoms with Crippen molar-refractivity contribution in [2.45, 2.75) is 26.9 Å². The van der Waals surface area contributed by atoms with Gasteiger partial charge >= 0.3 is 0 Å². The molecule has 0 heterocycles. The van der Waals surface area contributed by atoms with Crippen LogP contribution in [-0.2, 0) is 4.79 Å². The van der Waals surface area contributed by atoms with E-state index in [1.54, 1.807) is 6.92 Å². The quantitative estimate of drug-likeness (QED) is 0.823. The minimum atomic E-state index is -0.398. The van der Waals surface area contributed by atoms with Gasteiger partial charge in [-0.15, -0.1) is 0 Å². The minimum absolute atomic E-state index is 0.0302. The maximum Gasteiger partial charge on any atom is 0.169 e. The molecule has 0 N–H and O–H groups in total. The number of rotatable bonds is 4. The molecule has 0 aliphatic heterocycles. The number of carbonyl (C=O) groups is 1. The summed E-state index contributed by atoms with van der Waals surface area (Å²) in [6, 6.07) is 16.2. The molecule has 0 amide bonds. The normalized spacial score (nSPS) is 11.9. The third kappa shape index (κ3) is 3.44. The molecule has 0 saturated carbocycles. The Labute approximate surface area is 114 Å². The lowest BCUT2D eigenvalue weighted by molar-refractivity contribution is -0.122. The Balaban J connectivity index is 2.14. The SMILES string of the molecule is CC(=O)[C@H](C)Oc1ccc(-c2ccc(C)cc2)cc1. The molecule has 0 unspecified atom stereocenters. The number of hydrogen-bond donors (Lipinski definition) is 0. The maximum atomic E-state index is 11.1. The first-order valence-corrected chi connectivity index (χ1v) is 6.40. The third-order valence-electron chi connectivity index (χ3n) is 3.12. The highest BCUT2D eigenvalue weighted by molar-refractivity contribution is 5.80. The Morgan fingerprint density at radius 1 is 0.947 bits per heavy atom. The summed E-state index contributed by atoms with van der Waals surface area (Å²) in [4.78, 5) is 11.1. The molecule has 2 heteroatoms. The lowest BCUT2D eigenvalue weighted by Crippen LogP contribution is -2.20. The first-order valence-electron chi connectivity index (χ1n) is 6.40. The second kappa shape index (κ2) is 5.70. The maximum absolute atomic E-state index is 11.1. The third-order valence-corrected chi connectivity index (χ3v) is 3.12. The van der Waals surface area contributed by atoms with Crippen LogP contribution in [0.1, 0.15) is 19.4 Å². The van der Waals surface area contributed by atoms with Gasteiger partial charge < -0.3 is 4.74 Å². The van der Waals surface area contributed by atoms with Crippen molar-refractivity contribution >= 4 is 5.78 Å². The van der Waals surface area contributed by atoms with E-state index in [-0.39, 0.29) is 5.78 Å². The summed E-state index contributed by atoms with van der Waals surface area (Å²) in [5.74, 6) is 0.751. The lowest BCUT2D eigenvalue weighted by atomic mass is 10.0. The van der Waals surface area contributed by atoms with E-state index in [0.717, 1.165) is 11.3 Å². The molecule has 0 spiro atoms. The van der Waals surface area contributed by atoms with Gasteiger partial charge in [0.15, 0.2) is 11.9 Å². The van der Waals surface area contributed by atoms with Crippen LogP contribution >= 0.6 is 0 Å². The van der Waals surface area contributed by atoms with Crippen LogP contribution < -0.4 is 4.74 Å². The molecule has 0 bridgehead atoms. The number of ketones is 1. The van der Waals surface area contributed by atoms with Gasteiger partial charge in [0.1, 0.15) is 5.75 Å². The molecule has 2 rings (SSSR count). The van der Waals surface area contributed by atoms with Crippen LogP contribution in [0.4, 0.5) is 0 Å². The first-order chi connectivity index (χ1) is 9.06. The van der Waals surface area contributed by atoms with Crippen molar-refractivity contribution in [3.8, 4) is 16.9 Å². The fourth-order valence-corrected chi connectivity index (χ4v) is 1.76. The molecule has 1 atom stereocenters. The minimum Gasteiger partial charge on any atom is -0.483 e. The van der Waals surface area contributed by atoms with E-state index in [4.69, 9.17) is 4.74 Å². The summed E-state index contributed by atoms with van der Waals surface area (Å²) in [5, 5.41) is 0. The van der Waals surface area contributed by atoms with Gasteiger partial charge in [-0.05, 0) is 44.0 Å². The van der Waals surface area contributed by atoms with Crippen LogP contribution in [0.3, 0.4) is 0 Å². The summed E-state index contributed by atoms with van der Waals surface area (Å²) in [6.07, 6.45) is -0.398. The number of hydrogen-bond acceptors (Lipinski definition) is 2. The van der Waals surface area contributed by atoms with Gasteiger partial charge in [0.2, 0.25) is 0 Å². The van der Waals surface area contributed by atoms with Gasteiger partial charge in [0.05, 0.1) is 0 Å².